The molecule has 0 bridgehead atoms. The fourth-order valence-electron chi connectivity index (χ4n) is 3.09. The molecule has 25 heavy (non-hydrogen) atoms. The Bertz CT molecular complexity index is 749. The van der Waals surface area contributed by atoms with Crippen molar-refractivity contribution in [2.75, 3.05) is 6.61 Å². The minimum atomic E-state index is -0.466. The van der Waals surface area contributed by atoms with Crippen LogP contribution < -0.4 is 0 Å². The van der Waals surface area contributed by atoms with Gasteiger partial charge in [-0.3, -0.25) is 4.79 Å². The molecule has 0 radical (unpaired) electrons. The highest BCUT2D eigenvalue weighted by Gasteiger charge is 2.16. The van der Waals surface area contributed by atoms with E-state index in [4.69, 9.17) is 4.74 Å². The zero-order valence-electron chi connectivity index (χ0n) is 15.7. The highest BCUT2D eigenvalue weighted by atomic mass is 16.5. The van der Waals surface area contributed by atoms with Gasteiger partial charge < -0.3 is 4.74 Å². The molecule has 0 fully saturated rings. The molecule has 2 aromatic carbocycles. The molecule has 0 aliphatic carbocycles. The first-order chi connectivity index (χ1) is 11.8. The molecule has 0 saturated heterocycles. The van der Waals surface area contributed by atoms with Crippen molar-refractivity contribution in [3.63, 3.8) is 0 Å². The zero-order valence-corrected chi connectivity index (χ0v) is 15.7. The van der Waals surface area contributed by atoms with Crippen LogP contribution in [0.5, 0.6) is 0 Å². The molecule has 1 unspecified atom stereocenters. The van der Waals surface area contributed by atoms with E-state index in [0.717, 1.165) is 23.1 Å². The zero-order chi connectivity index (χ0) is 18.6. The van der Waals surface area contributed by atoms with Crippen LogP contribution in [-0.4, -0.2) is 18.4 Å². The van der Waals surface area contributed by atoms with Crippen molar-refractivity contribution < 1.29 is 14.3 Å². The number of rotatable bonds is 6. The number of carbonyl (C=O) groups is 2. The van der Waals surface area contributed by atoms with Gasteiger partial charge in [0.1, 0.15) is 0 Å². The third-order valence-corrected chi connectivity index (χ3v) is 4.62. The highest BCUT2D eigenvalue weighted by Crippen LogP contribution is 2.20. The van der Waals surface area contributed by atoms with Crippen LogP contribution >= 0.6 is 0 Å². The van der Waals surface area contributed by atoms with Crippen molar-refractivity contribution in [2.24, 2.45) is 0 Å². The Morgan fingerprint density at radius 3 is 2.08 bits per heavy atom. The standard InChI is InChI=1S/C22H26O3/c1-6-15(3)18-7-9-19(10-8-18)22(24)25-13-20(23)21-16(4)11-14(2)12-17(21)5/h7-12,15H,6,13H2,1-5H3. The van der Waals surface area contributed by atoms with E-state index in [1.807, 2.05) is 45.0 Å². The molecule has 0 saturated carbocycles. The van der Waals surface area contributed by atoms with E-state index in [9.17, 15) is 9.59 Å². The summed E-state index contributed by atoms with van der Waals surface area (Å²) >= 11 is 0. The smallest absolute Gasteiger partial charge is 0.338 e. The number of hydrogen-bond donors (Lipinski definition) is 0. The molecule has 0 spiro atoms. The van der Waals surface area contributed by atoms with Gasteiger partial charge in [-0.05, 0) is 61.9 Å². The second-order valence-corrected chi connectivity index (χ2v) is 6.70. The SMILES string of the molecule is CCC(C)c1ccc(C(=O)OCC(=O)c2c(C)cc(C)cc2C)cc1. The number of hydrogen-bond acceptors (Lipinski definition) is 3. The first-order valence-corrected chi connectivity index (χ1v) is 8.71. The van der Waals surface area contributed by atoms with Crippen LogP contribution in [0.15, 0.2) is 36.4 Å². The molecular weight excluding hydrogens is 312 g/mol. The Balaban J connectivity index is 2.03. The summed E-state index contributed by atoms with van der Waals surface area (Å²) in [6.45, 7) is 9.85. The summed E-state index contributed by atoms with van der Waals surface area (Å²) in [5, 5.41) is 0. The average molecular weight is 338 g/mol. The van der Waals surface area contributed by atoms with Gasteiger partial charge in [0, 0.05) is 5.56 Å². The monoisotopic (exact) mass is 338 g/mol. The van der Waals surface area contributed by atoms with Gasteiger partial charge in [0.25, 0.3) is 0 Å². The third kappa shape index (κ3) is 4.56. The molecule has 3 nitrogen and oxygen atoms in total. The number of esters is 1. The molecule has 0 aromatic heterocycles. The lowest BCUT2D eigenvalue weighted by molar-refractivity contribution is 0.0474. The van der Waals surface area contributed by atoms with Gasteiger partial charge in [-0.2, -0.15) is 0 Å². The molecule has 0 N–H and O–H groups in total. The number of ether oxygens (including phenoxy) is 1. The topological polar surface area (TPSA) is 43.4 Å². The van der Waals surface area contributed by atoms with Crippen molar-refractivity contribution in [1.29, 1.82) is 0 Å². The van der Waals surface area contributed by atoms with Crippen molar-refractivity contribution in [3.8, 4) is 0 Å². The van der Waals surface area contributed by atoms with Gasteiger partial charge in [0.2, 0.25) is 5.78 Å². The first-order valence-electron chi connectivity index (χ1n) is 8.71. The van der Waals surface area contributed by atoms with Crippen LogP contribution in [-0.2, 0) is 4.74 Å². The van der Waals surface area contributed by atoms with Crippen LogP contribution in [0.4, 0.5) is 0 Å². The Kier molecular flexibility index (Phi) is 6.13. The molecule has 2 aromatic rings. The lowest BCUT2D eigenvalue weighted by Crippen LogP contribution is -2.16. The summed E-state index contributed by atoms with van der Waals surface area (Å²) in [7, 11) is 0. The predicted octanol–water partition coefficient (Wildman–Crippen LogP) is 5.17. The van der Waals surface area contributed by atoms with Crippen LogP contribution in [0.1, 0.15) is 69.2 Å². The largest absolute Gasteiger partial charge is 0.454 e. The quantitative estimate of drug-likeness (QED) is 0.539. The minimum Gasteiger partial charge on any atom is -0.454 e. The number of benzene rings is 2. The Hall–Kier alpha value is -2.42. The van der Waals surface area contributed by atoms with Crippen LogP contribution in [0.25, 0.3) is 0 Å². The number of carbonyl (C=O) groups excluding carboxylic acids is 2. The summed E-state index contributed by atoms with van der Waals surface area (Å²) in [5.74, 6) is -0.176. The van der Waals surface area contributed by atoms with E-state index in [2.05, 4.69) is 13.8 Å². The molecule has 132 valence electrons. The van der Waals surface area contributed by atoms with Gasteiger partial charge in [-0.25, -0.2) is 4.79 Å². The van der Waals surface area contributed by atoms with E-state index in [0.29, 0.717) is 17.0 Å². The minimum absolute atomic E-state index is 0.167. The summed E-state index contributed by atoms with van der Waals surface area (Å²) in [4.78, 5) is 24.6. The highest BCUT2D eigenvalue weighted by molar-refractivity contribution is 6.01. The Morgan fingerprint density at radius 1 is 1.00 bits per heavy atom. The van der Waals surface area contributed by atoms with E-state index in [1.54, 1.807) is 12.1 Å². The molecule has 0 heterocycles. The first kappa shape index (κ1) is 18.9. The fraction of sp³-hybridized carbons (Fsp3) is 0.364. The summed E-state index contributed by atoms with van der Waals surface area (Å²) < 4.78 is 5.22. The van der Waals surface area contributed by atoms with Gasteiger partial charge in [0.05, 0.1) is 5.56 Å². The van der Waals surface area contributed by atoms with Crippen molar-refractivity contribution >= 4 is 11.8 Å². The number of aryl methyl sites for hydroxylation is 3. The number of ketones is 1. The van der Waals surface area contributed by atoms with E-state index >= 15 is 0 Å². The maximum atomic E-state index is 12.4. The maximum absolute atomic E-state index is 12.4. The normalized spacial score (nSPS) is 11.9. The summed E-state index contributed by atoms with van der Waals surface area (Å²) in [5.41, 5.74) is 5.25. The second-order valence-electron chi connectivity index (χ2n) is 6.70. The summed E-state index contributed by atoms with van der Waals surface area (Å²) in [6.07, 6.45) is 1.05. The molecule has 2 rings (SSSR count). The van der Waals surface area contributed by atoms with Gasteiger partial charge in [-0.1, -0.05) is 43.7 Å². The Labute approximate surface area is 150 Å². The molecular formula is C22H26O3. The van der Waals surface area contributed by atoms with Crippen LogP contribution in [0.2, 0.25) is 0 Å². The molecule has 0 aliphatic rings. The lowest BCUT2D eigenvalue weighted by atomic mass is 9.97. The number of Topliss-reactive ketones (excluding diaryl/α,β-unsaturated/α-hetero) is 1. The predicted molar refractivity (Wildman–Crippen MR) is 100 cm³/mol. The maximum Gasteiger partial charge on any atom is 0.338 e. The third-order valence-electron chi connectivity index (χ3n) is 4.62. The average Bonchev–Trinajstić information content (AvgIpc) is 2.58. The van der Waals surface area contributed by atoms with Crippen molar-refractivity contribution in [2.45, 2.75) is 47.0 Å². The molecule has 3 heteroatoms. The molecule has 0 amide bonds. The Morgan fingerprint density at radius 2 is 1.56 bits per heavy atom. The van der Waals surface area contributed by atoms with Gasteiger partial charge in [0.15, 0.2) is 6.61 Å². The second kappa shape index (κ2) is 8.11. The molecule has 1 atom stereocenters. The van der Waals surface area contributed by atoms with Crippen molar-refractivity contribution in [1.82, 2.24) is 0 Å². The van der Waals surface area contributed by atoms with E-state index in [1.165, 1.54) is 5.56 Å². The van der Waals surface area contributed by atoms with Crippen LogP contribution in [0.3, 0.4) is 0 Å². The van der Waals surface area contributed by atoms with Gasteiger partial charge in [-0.15, -0.1) is 0 Å². The fourth-order valence-corrected chi connectivity index (χ4v) is 3.09. The van der Waals surface area contributed by atoms with E-state index < -0.39 is 5.97 Å². The van der Waals surface area contributed by atoms with E-state index in [-0.39, 0.29) is 12.4 Å². The summed E-state index contributed by atoms with van der Waals surface area (Å²) in [6, 6.07) is 11.3. The van der Waals surface area contributed by atoms with Gasteiger partial charge >= 0.3 is 5.97 Å². The molecule has 0 aliphatic heterocycles. The van der Waals surface area contributed by atoms with Crippen LogP contribution in [0, 0.1) is 20.8 Å². The van der Waals surface area contributed by atoms with Crippen molar-refractivity contribution in [3.05, 3.63) is 69.8 Å². The lowest BCUT2D eigenvalue weighted by Gasteiger charge is -2.11.